The summed E-state index contributed by atoms with van der Waals surface area (Å²) in [5.41, 5.74) is 5.76. The highest BCUT2D eigenvalue weighted by molar-refractivity contribution is 7.89. The normalized spacial score (nSPS) is 24.6. The van der Waals surface area contributed by atoms with Crippen molar-refractivity contribution in [2.75, 3.05) is 13.7 Å². The number of para-hydroxylation sites is 1. The molecule has 0 bridgehead atoms. The summed E-state index contributed by atoms with van der Waals surface area (Å²) in [6.45, 7) is 2.29. The van der Waals surface area contributed by atoms with Crippen LogP contribution in [0.3, 0.4) is 0 Å². The van der Waals surface area contributed by atoms with Crippen molar-refractivity contribution in [3.8, 4) is 5.75 Å². The zero-order chi connectivity index (χ0) is 14.8. The van der Waals surface area contributed by atoms with Crippen LogP contribution >= 0.6 is 0 Å². The molecule has 1 aromatic carbocycles. The Morgan fingerprint density at radius 2 is 2.05 bits per heavy atom. The van der Waals surface area contributed by atoms with Gasteiger partial charge in [-0.1, -0.05) is 18.6 Å². The summed E-state index contributed by atoms with van der Waals surface area (Å²) in [6.07, 6.45) is 2.70. The van der Waals surface area contributed by atoms with Gasteiger partial charge in [0.05, 0.1) is 7.11 Å². The Hall–Kier alpha value is -1.11. The average molecular weight is 298 g/mol. The summed E-state index contributed by atoms with van der Waals surface area (Å²) in [7, 11) is -2.11. The Kier molecular flexibility index (Phi) is 4.67. The molecule has 2 unspecified atom stereocenters. The molecule has 2 rings (SSSR count). The molecule has 20 heavy (non-hydrogen) atoms. The third kappa shape index (κ3) is 2.68. The van der Waals surface area contributed by atoms with E-state index >= 15 is 0 Å². The first-order chi connectivity index (χ1) is 9.52. The van der Waals surface area contributed by atoms with E-state index in [-0.39, 0.29) is 17.0 Å². The minimum absolute atomic E-state index is 0.0350. The zero-order valence-electron chi connectivity index (χ0n) is 12.0. The number of methoxy groups -OCH3 is 1. The molecule has 1 aromatic rings. The summed E-state index contributed by atoms with van der Waals surface area (Å²) in [6, 6.07) is 6.56. The topological polar surface area (TPSA) is 72.6 Å². The van der Waals surface area contributed by atoms with Gasteiger partial charge in [-0.3, -0.25) is 0 Å². The number of piperidine rings is 1. The second-order valence-electron chi connectivity index (χ2n) is 5.16. The van der Waals surface area contributed by atoms with Crippen LogP contribution in [0.5, 0.6) is 5.75 Å². The molecule has 1 fully saturated rings. The van der Waals surface area contributed by atoms with Crippen molar-refractivity contribution < 1.29 is 13.2 Å². The summed E-state index contributed by atoms with van der Waals surface area (Å²) < 4.78 is 32.6. The van der Waals surface area contributed by atoms with E-state index < -0.39 is 10.0 Å². The van der Waals surface area contributed by atoms with E-state index in [1.807, 2.05) is 6.92 Å². The number of nitrogens with zero attached hydrogens (tertiary/aromatic N) is 1. The maximum atomic E-state index is 12.9. The quantitative estimate of drug-likeness (QED) is 0.916. The lowest BCUT2D eigenvalue weighted by atomic mass is 10.00. The number of hydrogen-bond acceptors (Lipinski definition) is 4. The lowest BCUT2D eigenvalue weighted by molar-refractivity contribution is 0.195. The zero-order valence-corrected chi connectivity index (χ0v) is 12.8. The van der Waals surface area contributed by atoms with Crippen LogP contribution in [0.4, 0.5) is 0 Å². The van der Waals surface area contributed by atoms with Crippen molar-refractivity contribution in [3.63, 3.8) is 0 Å². The molecular formula is C14H22N2O3S. The smallest absolute Gasteiger partial charge is 0.247 e. The van der Waals surface area contributed by atoms with Crippen LogP contribution in [0, 0.1) is 0 Å². The van der Waals surface area contributed by atoms with E-state index in [2.05, 4.69) is 0 Å². The Balaban J connectivity index is 2.47. The highest BCUT2D eigenvalue weighted by atomic mass is 32.2. The molecule has 1 heterocycles. The van der Waals surface area contributed by atoms with Crippen LogP contribution in [0.1, 0.15) is 26.2 Å². The van der Waals surface area contributed by atoms with Gasteiger partial charge >= 0.3 is 0 Å². The van der Waals surface area contributed by atoms with Crippen molar-refractivity contribution in [1.82, 2.24) is 4.31 Å². The van der Waals surface area contributed by atoms with E-state index in [1.165, 1.54) is 7.11 Å². The number of nitrogens with two attached hydrogens (primary N) is 1. The largest absolute Gasteiger partial charge is 0.495 e. The molecule has 112 valence electrons. The minimum atomic E-state index is -3.59. The van der Waals surface area contributed by atoms with Crippen molar-refractivity contribution in [1.29, 1.82) is 0 Å². The second kappa shape index (κ2) is 6.11. The van der Waals surface area contributed by atoms with E-state index in [4.69, 9.17) is 10.5 Å². The predicted octanol–water partition coefficient (Wildman–Crippen LogP) is 1.59. The monoisotopic (exact) mass is 298 g/mol. The first-order valence-electron chi connectivity index (χ1n) is 6.89. The molecule has 2 N–H and O–H groups in total. The van der Waals surface area contributed by atoms with Crippen LogP contribution in [-0.2, 0) is 10.0 Å². The van der Waals surface area contributed by atoms with Gasteiger partial charge in [0, 0.05) is 18.6 Å². The van der Waals surface area contributed by atoms with Gasteiger partial charge in [-0.25, -0.2) is 8.42 Å². The third-order valence-corrected chi connectivity index (χ3v) is 5.96. The van der Waals surface area contributed by atoms with Crippen molar-refractivity contribution in [2.45, 2.75) is 43.2 Å². The van der Waals surface area contributed by atoms with Crippen LogP contribution in [0.2, 0.25) is 0 Å². The minimum Gasteiger partial charge on any atom is -0.495 e. The van der Waals surface area contributed by atoms with Gasteiger partial charge in [-0.15, -0.1) is 0 Å². The van der Waals surface area contributed by atoms with Crippen molar-refractivity contribution >= 4 is 10.0 Å². The molecule has 0 aromatic heterocycles. The van der Waals surface area contributed by atoms with Crippen molar-refractivity contribution in [2.24, 2.45) is 5.73 Å². The van der Waals surface area contributed by atoms with Gasteiger partial charge in [0.1, 0.15) is 10.6 Å². The number of benzene rings is 1. The molecule has 5 nitrogen and oxygen atoms in total. The molecule has 0 aliphatic carbocycles. The lowest BCUT2D eigenvalue weighted by Crippen LogP contribution is -2.51. The summed E-state index contributed by atoms with van der Waals surface area (Å²) in [5.74, 6) is 0.376. The Bertz CT molecular complexity index is 559. The second-order valence-corrected chi connectivity index (χ2v) is 6.97. The fourth-order valence-corrected chi connectivity index (χ4v) is 4.91. The van der Waals surface area contributed by atoms with E-state index in [0.29, 0.717) is 12.3 Å². The molecule has 0 radical (unpaired) electrons. The van der Waals surface area contributed by atoms with Gasteiger partial charge in [0.2, 0.25) is 10.0 Å². The van der Waals surface area contributed by atoms with E-state index in [9.17, 15) is 8.42 Å². The SMILES string of the molecule is COc1ccccc1S(=O)(=O)N1C(C)CCCC1CN. The van der Waals surface area contributed by atoms with Crippen LogP contribution < -0.4 is 10.5 Å². The third-order valence-electron chi connectivity index (χ3n) is 3.85. The summed E-state index contributed by atoms with van der Waals surface area (Å²) in [5, 5.41) is 0. The van der Waals surface area contributed by atoms with Gasteiger partial charge in [-0.05, 0) is 31.9 Å². The van der Waals surface area contributed by atoms with Gasteiger partial charge in [0.15, 0.2) is 0 Å². The number of rotatable bonds is 4. The number of hydrogen-bond donors (Lipinski definition) is 1. The summed E-state index contributed by atoms with van der Waals surface area (Å²) in [4.78, 5) is 0.217. The highest BCUT2D eigenvalue weighted by Crippen LogP contribution is 2.33. The number of ether oxygens (including phenoxy) is 1. The molecule has 6 heteroatoms. The lowest BCUT2D eigenvalue weighted by Gasteiger charge is -2.39. The number of sulfonamides is 1. The van der Waals surface area contributed by atoms with Crippen LogP contribution in [0.25, 0.3) is 0 Å². The molecule has 1 aliphatic heterocycles. The van der Waals surface area contributed by atoms with Crippen molar-refractivity contribution in [3.05, 3.63) is 24.3 Å². The van der Waals surface area contributed by atoms with E-state index in [0.717, 1.165) is 19.3 Å². The van der Waals surface area contributed by atoms with Gasteiger partial charge in [0.25, 0.3) is 0 Å². The average Bonchev–Trinajstić information content (AvgIpc) is 2.46. The Morgan fingerprint density at radius 3 is 2.70 bits per heavy atom. The maximum Gasteiger partial charge on any atom is 0.247 e. The van der Waals surface area contributed by atoms with E-state index in [1.54, 1.807) is 28.6 Å². The molecule has 1 saturated heterocycles. The van der Waals surface area contributed by atoms with Gasteiger partial charge < -0.3 is 10.5 Å². The van der Waals surface area contributed by atoms with Crippen LogP contribution in [-0.4, -0.2) is 38.5 Å². The summed E-state index contributed by atoms with van der Waals surface area (Å²) >= 11 is 0. The standard InChI is InChI=1S/C14H22N2O3S/c1-11-6-5-7-12(10-15)16(11)20(17,18)14-9-4-3-8-13(14)19-2/h3-4,8-9,11-12H,5-7,10,15H2,1-2H3. The molecule has 0 amide bonds. The maximum absolute atomic E-state index is 12.9. The molecule has 0 saturated carbocycles. The first kappa shape index (κ1) is 15.3. The Morgan fingerprint density at radius 1 is 1.35 bits per heavy atom. The van der Waals surface area contributed by atoms with Crippen LogP contribution in [0.15, 0.2) is 29.2 Å². The molecule has 2 atom stereocenters. The molecule has 0 spiro atoms. The molecular weight excluding hydrogens is 276 g/mol. The fourth-order valence-electron chi connectivity index (χ4n) is 2.86. The molecule has 1 aliphatic rings. The fraction of sp³-hybridized carbons (Fsp3) is 0.571. The first-order valence-corrected chi connectivity index (χ1v) is 8.33. The Labute approximate surface area is 120 Å². The predicted molar refractivity (Wildman–Crippen MR) is 78.2 cm³/mol. The van der Waals surface area contributed by atoms with Gasteiger partial charge in [-0.2, -0.15) is 4.31 Å². The highest BCUT2D eigenvalue weighted by Gasteiger charge is 2.38.